The van der Waals surface area contributed by atoms with E-state index in [1.807, 2.05) is 20.8 Å². The molecule has 0 aliphatic rings. The molecule has 0 saturated heterocycles. The Balaban J connectivity index is 2.82. The van der Waals surface area contributed by atoms with Crippen LogP contribution in [0.5, 0.6) is 0 Å². The molecule has 0 aromatic carbocycles. The van der Waals surface area contributed by atoms with Gasteiger partial charge in [0.15, 0.2) is 0 Å². The van der Waals surface area contributed by atoms with Crippen LogP contribution in [0, 0.1) is 11.3 Å². The number of carbonyl (C=O) groups is 2. The van der Waals surface area contributed by atoms with Gasteiger partial charge in [-0.2, -0.15) is 13.2 Å². The number of hydrogen-bond donors (Lipinski definition) is 3. The second-order valence-corrected chi connectivity index (χ2v) is 6.92. The fraction of sp³-hybridized carbons (Fsp3) is 0.625. The molecule has 0 aliphatic carbocycles. The molecule has 0 fully saturated rings. The first-order chi connectivity index (χ1) is 12.5. The van der Waals surface area contributed by atoms with E-state index in [1.54, 1.807) is 0 Å². The fourth-order valence-electron chi connectivity index (χ4n) is 2.75. The van der Waals surface area contributed by atoms with Gasteiger partial charge < -0.3 is 0 Å². The molecule has 8 nitrogen and oxygen atoms in total. The van der Waals surface area contributed by atoms with Crippen LogP contribution < -0.4 is 10.9 Å². The molecule has 0 saturated carbocycles. The minimum absolute atomic E-state index is 0.177. The van der Waals surface area contributed by atoms with Crippen molar-refractivity contribution in [3.8, 4) is 0 Å². The summed E-state index contributed by atoms with van der Waals surface area (Å²) in [6.07, 6.45) is -1.51. The van der Waals surface area contributed by atoms with Crippen molar-refractivity contribution in [2.45, 2.75) is 46.2 Å². The monoisotopic (exact) mass is 391 g/mol. The molecule has 0 bridgehead atoms. The number of anilines is 1. The van der Waals surface area contributed by atoms with Crippen LogP contribution in [0.2, 0.25) is 0 Å². The standard InChI is InChI=1S/C16H24F3N5O3/c1-4-6-15(2,3)8-11(9-24(27)10-25)13(26)22-23-14-20-7-5-12(21-14)16(17,18)19/h5,7,10-11,27H,4,6,8-9H2,1-3H3,(H,22,26)(H,20,21,23)/t11-/m0/s1. The van der Waals surface area contributed by atoms with Crippen LogP contribution >= 0.6 is 0 Å². The summed E-state index contributed by atoms with van der Waals surface area (Å²) in [4.78, 5) is 30.0. The van der Waals surface area contributed by atoms with Crippen LogP contribution in [0.4, 0.5) is 19.1 Å². The summed E-state index contributed by atoms with van der Waals surface area (Å²) in [6, 6.07) is 0.705. The molecule has 0 aliphatic heterocycles. The van der Waals surface area contributed by atoms with Gasteiger partial charge in [0.1, 0.15) is 5.69 Å². The third-order valence-electron chi connectivity index (χ3n) is 3.87. The number of hydrazine groups is 1. The normalized spacial score (nSPS) is 13.0. The van der Waals surface area contributed by atoms with E-state index in [9.17, 15) is 28.0 Å². The fourth-order valence-corrected chi connectivity index (χ4v) is 2.75. The van der Waals surface area contributed by atoms with Gasteiger partial charge in [0.05, 0.1) is 12.5 Å². The lowest BCUT2D eigenvalue weighted by atomic mass is 9.79. The number of nitrogens with zero attached hydrogens (tertiary/aromatic N) is 3. The van der Waals surface area contributed by atoms with E-state index < -0.39 is 29.6 Å². The highest BCUT2D eigenvalue weighted by atomic mass is 19.4. The highest BCUT2D eigenvalue weighted by molar-refractivity contribution is 5.80. The highest BCUT2D eigenvalue weighted by Gasteiger charge is 2.33. The molecule has 1 aromatic heterocycles. The van der Waals surface area contributed by atoms with Crippen molar-refractivity contribution >= 4 is 18.3 Å². The van der Waals surface area contributed by atoms with Crippen molar-refractivity contribution in [2.24, 2.45) is 11.3 Å². The minimum atomic E-state index is -4.64. The van der Waals surface area contributed by atoms with Crippen LogP contribution in [0.3, 0.4) is 0 Å². The SMILES string of the molecule is CCCC(C)(C)C[C@@H](CN(O)C=O)C(=O)NNc1nccc(C(F)(F)F)n1. The molecule has 152 valence electrons. The van der Waals surface area contributed by atoms with E-state index in [4.69, 9.17) is 0 Å². The third kappa shape index (κ3) is 7.77. The maximum absolute atomic E-state index is 12.7. The van der Waals surface area contributed by atoms with Crippen LogP contribution in [-0.4, -0.2) is 39.1 Å². The van der Waals surface area contributed by atoms with Gasteiger partial charge in [-0.05, 0) is 24.3 Å². The van der Waals surface area contributed by atoms with Gasteiger partial charge in [-0.1, -0.05) is 27.2 Å². The molecule has 2 amide bonds. The summed E-state index contributed by atoms with van der Waals surface area (Å²) < 4.78 is 38.0. The van der Waals surface area contributed by atoms with Crippen molar-refractivity contribution in [3.05, 3.63) is 18.0 Å². The van der Waals surface area contributed by atoms with Gasteiger partial charge in [-0.15, -0.1) is 0 Å². The Hall–Kier alpha value is -2.43. The molecule has 1 rings (SSSR count). The van der Waals surface area contributed by atoms with Gasteiger partial charge in [0.25, 0.3) is 0 Å². The van der Waals surface area contributed by atoms with Gasteiger partial charge >= 0.3 is 6.18 Å². The van der Waals surface area contributed by atoms with Gasteiger partial charge in [0, 0.05) is 6.20 Å². The molecular weight excluding hydrogens is 367 g/mol. The molecule has 0 radical (unpaired) electrons. The van der Waals surface area contributed by atoms with E-state index in [-0.39, 0.29) is 18.4 Å². The van der Waals surface area contributed by atoms with Crippen molar-refractivity contribution in [2.75, 3.05) is 12.0 Å². The first-order valence-corrected chi connectivity index (χ1v) is 8.35. The number of carbonyl (C=O) groups excluding carboxylic acids is 2. The number of alkyl halides is 3. The van der Waals surface area contributed by atoms with Crippen LogP contribution in [0.15, 0.2) is 12.3 Å². The van der Waals surface area contributed by atoms with Crippen LogP contribution in [0.25, 0.3) is 0 Å². The molecule has 11 heteroatoms. The maximum Gasteiger partial charge on any atom is 0.433 e. The van der Waals surface area contributed by atoms with E-state index >= 15 is 0 Å². The van der Waals surface area contributed by atoms with E-state index in [1.165, 1.54) is 0 Å². The molecule has 0 spiro atoms. The molecule has 3 N–H and O–H groups in total. The Kier molecular flexibility index (Phi) is 7.95. The maximum atomic E-state index is 12.7. The quantitative estimate of drug-likeness (QED) is 0.322. The van der Waals surface area contributed by atoms with Crippen molar-refractivity contribution in [1.82, 2.24) is 20.5 Å². The molecule has 27 heavy (non-hydrogen) atoms. The second-order valence-electron chi connectivity index (χ2n) is 6.92. The molecular formula is C16H24F3N5O3. The molecule has 1 atom stereocenters. The number of hydrogen-bond acceptors (Lipinski definition) is 6. The lowest BCUT2D eigenvalue weighted by molar-refractivity contribution is -0.155. The summed E-state index contributed by atoms with van der Waals surface area (Å²) in [5.41, 5.74) is 3.07. The highest BCUT2D eigenvalue weighted by Crippen LogP contribution is 2.31. The second kappa shape index (κ2) is 9.49. The first-order valence-electron chi connectivity index (χ1n) is 8.35. The Morgan fingerprint density at radius 2 is 2.07 bits per heavy atom. The molecule has 0 unspecified atom stereocenters. The Morgan fingerprint density at radius 1 is 1.41 bits per heavy atom. The van der Waals surface area contributed by atoms with Crippen LogP contribution in [-0.2, 0) is 15.8 Å². The zero-order valence-corrected chi connectivity index (χ0v) is 15.4. The summed E-state index contributed by atoms with van der Waals surface area (Å²) >= 11 is 0. The first kappa shape index (κ1) is 22.6. The summed E-state index contributed by atoms with van der Waals surface area (Å²) in [5.74, 6) is -1.83. The van der Waals surface area contributed by atoms with Crippen molar-refractivity contribution < 1.29 is 28.0 Å². The average molecular weight is 391 g/mol. The predicted molar refractivity (Wildman–Crippen MR) is 90.2 cm³/mol. The van der Waals surface area contributed by atoms with Gasteiger partial charge in [-0.3, -0.25) is 25.6 Å². The van der Waals surface area contributed by atoms with Crippen molar-refractivity contribution in [1.29, 1.82) is 0 Å². The van der Waals surface area contributed by atoms with Gasteiger partial charge in [0.2, 0.25) is 18.3 Å². The zero-order chi connectivity index (χ0) is 20.7. The molecule has 1 heterocycles. The van der Waals surface area contributed by atoms with E-state index in [0.717, 1.165) is 19.0 Å². The van der Waals surface area contributed by atoms with Gasteiger partial charge in [-0.25, -0.2) is 15.0 Å². The number of rotatable bonds is 10. The number of aromatic nitrogens is 2. The topological polar surface area (TPSA) is 107 Å². The Bertz CT molecular complexity index is 640. The zero-order valence-electron chi connectivity index (χ0n) is 15.4. The Labute approximate surface area is 155 Å². The number of nitrogens with one attached hydrogen (secondary N) is 2. The largest absolute Gasteiger partial charge is 0.433 e. The average Bonchev–Trinajstić information content (AvgIpc) is 2.58. The predicted octanol–water partition coefficient (Wildman–Crippen LogP) is 2.62. The van der Waals surface area contributed by atoms with E-state index in [2.05, 4.69) is 20.8 Å². The number of amides is 2. The lowest BCUT2D eigenvalue weighted by Gasteiger charge is -2.29. The summed E-state index contributed by atoms with van der Waals surface area (Å²) in [5, 5.41) is 9.78. The summed E-state index contributed by atoms with van der Waals surface area (Å²) in [6.45, 7) is 5.63. The van der Waals surface area contributed by atoms with Crippen molar-refractivity contribution in [3.63, 3.8) is 0 Å². The number of halogens is 3. The smallest absolute Gasteiger partial charge is 0.286 e. The minimum Gasteiger partial charge on any atom is -0.286 e. The number of hydroxylamine groups is 2. The van der Waals surface area contributed by atoms with E-state index in [0.29, 0.717) is 17.6 Å². The summed E-state index contributed by atoms with van der Waals surface area (Å²) in [7, 11) is 0. The third-order valence-corrected chi connectivity index (χ3v) is 3.87. The lowest BCUT2D eigenvalue weighted by Crippen LogP contribution is -2.42. The molecule has 1 aromatic rings. The van der Waals surface area contributed by atoms with Crippen LogP contribution in [0.1, 0.15) is 45.7 Å². The Morgan fingerprint density at radius 3 is 2.63 bits per heavy atom.